The Morgan fingerprint density at radius 2 is 2.22 bits per heavy atom. The van der Waals surface area contributed by atoms with Crippen LogP contribution < -0.4 is 5.32 Å². The molecule has 0 saturated carbocycles. The van der Waals surface area contributed by atoms with Crippen LogP contribution in [0.3, 0.4) is 0 Å². The van der Waals surface area contributed by atoms with Gasteiger partial charge in [0.25, 0.3) is 0 Å². The van der Waals surface area contributed by atoms with Gasteiger partial charge < -0.3 is 15.2 Å². The van der Waals surface area contributed by atoms with Gasteiger partial charge in [-0.2, -0.15) is 0 Å². The first-order chi connectivity index (χ1) is 13.1. The van der Waals surface area contributed by atoms with E-state index in [1.807, 2.05) is 29.8 Å². The number of esters is 1. The monoisotopic (exact) mass is 364 g/mol. The summed E-state index contributed by atoms with van der Waals surface area (Å²) in [5, 5.41) is 13.8. The van der Waals surface area contributed by atoms with Crippen LogP contribution in [0, 0.1) is 6.92 Å². The number of aromatic nitrogens is 3. The Morgan fingerprint density at radius 3 is 2.96 bits per heavy atom. The number of cyclic esters (lactones) is 1. The zero-order valence-corrected chi connectivity index (χ0v) is 14.9. The van der Waals surface area contributed by atoms with Crippen LogP contribution in [0.15, 0.2) is 49.2 Å². The summed E-state index contributed by atoms with van der Waals surface area (Å²) in [6.45, 7) is 3.19. The van der Waals surface area contributed by atoms with E-state index < -0.39 is 6.10 Å². The third kappa shape index (κ3) is 3.47. The van der Waals surface area contributed by atoms with Gasteiger partial charge in [0.05, 0.1) is 11.7 Å². The highest BCUT2D eigenvalue weighted by Gasteiger charge is 2.25. The highest BCUT2D eigenvalue weighted by atomic mass is 16.5. The Labute approximate surface area is 156 Å². The molecule has 1 aromatic carbocycles. The normalized spacial score (nSPS) is 14.1. The predicted molar refractivity (Wildman–Crippen MR) is 98.3 cm³/mol. The molecule has 1 atom stereocenters. The van der Waals surface area contributed by atoms with Crippen molar-refractivity contribution in [3.63, 3.8) is 0 Å². The molecule has 3 aromatic rings. The lowest BCUT2D eigenvalue weighted by Gasteiger charge is -2.16. The first-order valence-corrected chi connectivity index (χ1v) is 8.75. The summed E-state index contributed by atoms with van der Waals surface area (Å²) >= 11 is 0. The molecule has 3 heterocycles. The highest BCUT2D eigenvalue weighted by Crippen LogP contribution is 2.28. The summed E-state index contributed by atoms with van der Waals surface area (Å²) < 4.78 is 6.90. The van der Waals surface area contributed by atoms with Gasteiger partial charge in [-0.1, -0.05) is 12.1 Å². The van der Waals surface area contributed by atoms with Crippen LogP contribution in [-0.4, -0.2) is 32.2 Å². The largest absolute Gasteiger partial charge is 0.457 e. The molecule has 0 aliphatic carbocycles. The van der Waals surface area contributed by atoms with Crippen molar-refractivity contribution in [2.45, 2.75) is 26.2 Å². The number of pyridine rings is 1. The summed E-state index contributed by atoms with van der Waals surface area (Å²) in [6, 6.07) is 7.45. The molecule has 0 saturated heterocycles. The van der Waals surface area contributed by atoms with Crippen molar-refractivity contribution in [1.82, 2.24) is 19.9 Å². The minimum atomic E-state index is -0.663. The fourth-order valence-corrected chi connectivity index (χ4v) is 3.26. The lowest BCUT2D eigenvalue weighted by Crippen LogP contribution is -2.22. The van der Waals surface area contributed by atoms with Crippen molar-refractivity contribution >= 4 is 5.97 Å². The van der Waals surface area contributed by atoms with E-state index >= 15 is 0 Å². The van der Waals surface area contributed by atoms with E-state index in [1.54, 1.807) is 30.9 Å². The zero-order chi connectivity index (χ0) is 18.8. The van der Waals surface area contributed by atoms with Crippen LogP contribution in [0.4, 0.5) is 0 Å². The van der Waals surface area contributed by atoms with Crippen molar-refractivity contribution in [1.29, 1.82) is 0 Å². The van der Waals surface area contributed by atoms with Gasteiger partial charge in [0.2, 0.25) is 0 Å². The van der Waals surface area contributed by atoms with Crippen LogP contribution in [0.5, 0.6) is 0 Å². The number of aliphatic hydroxyl groups is 1. The SMILES string of the molecule is Cc1c(C(O)CNCc2ccc(-n3ccnc3)nc2)ccc2c1COC2=O. The fraction of sp³-hybridized carbons (Fsp3) is 0.250. The topological polar surface area (TPSA) is 89.3 Å². The van der Waals surface area contributed by atoms with Gasteiger partial charge in [-0.15, -0.1) is 0 Å². The third-order valence-corrected chi connectivity index (χ3v) is 4.81. The average Bonchev–Trinajstić information content (AvgIpc) is 3.33. The molecule has 0 amide bonds. The first kappa shape index (κ1) is 17.4. The van der Waals surface area contributed by atoms with Crippen LogP contribution in [0.2, 0.25) is 0 Å². The van der Waals surface area contributed by atoms with E-state index in [0.717, 1.165) is 28.1 Å². The van der Waals surface area contributed by atoms with E-state index in [-0.39, 0.29) is 12.6 Å². The summed E-state index contributed by atoms with van der Waals surface area (Å²) in [5.41, 5.74) is 4.22. The number of nitrogens with one attached hydrogen (secondary N) is 1. The number of aliphatic hydroxyl groups excluding tert-OH is 1. The van der Waals surface area contributed by atoms with Gasteiger partial charge in [-0.05, 0) is 35.7 Å². The Morgan fingerprint density at radius 1 is 1.33 bits per heavy atom. The molecule has 7 nitrogen and oxygen atoms in total. The molecule has 0 radical (unpaired) electrons. The molecule has 2 aromatic heterocycles. The second kappa shape index (κ2) is 7.30. The number of carbonyl (C=O) groups excluding carboxylic acids is 1. The summed E-state index contributed by atoms with van der Waals surface area (Å²) in [7, 11) is 0. The molecule has 0 fully saturated rings. The number of hydrogen-bond acceptors (Lipinski definition) is 6. The summed E-state index contributed by atoms with van der Waals surface area (Å²) in [6.07, 6.45) is 6.39. The van der Waals surface area contributed by atoms with Crippen molar-refractivity contribution < 1.29 is 14.6 Å². The zero-order valence-electron chi connectivity index (χ0n) is 14.9. The molecule has 27 heavy (non-hydrogen) atoms. The van der Waals surface area contributed by atoms with Gasteiger partial charge in [0.1, 0.15) is 18.8 Å². The summed E-state index contributed by atoms with van der Waals surface area (Å²) in [4.78, 5) is 20.0. The Hall–Kier alpha value is -3.03. The number of fused-ring (bicyclic) bond motifs is 1. The van der Waals surface area contributed by atoms with E-state index in [0.29, 0.717) is 18.7 Å². The molecular formula is C20H20N4O3. The van der Waals surface area contributed by atoms with Gasteiger partial charge in [0, 0.05) is 37.2 Å². The molecule has 7 heteroatoms. The van der Waals surface area contributed by atoms with E-state index in [4.69, 9.17) is 4.74 Å². The minimum absolute atomic E-state index is 0.281. The molecule has 2 N–H and O–H groups in total. The smallest absolute Gasteiger partial charge is 0.338 e. The second-order valence-corrected chi connectivity index (χ2v) is 6.52. The lowest BCUT2D eigenvalue weighted by atomic mass is 9.95. The highest BCUT2D eigenvalue weighted by molar-refractivity contribution is 5.93. The molecule has 1 unspecified atom stereocenters. The lowest BCUT2D eigenvalue weighted by molar-refractivity contribution is 0.0535. The number of imidazole rings is 1. The Balaban J connectivity index is 1.36. The number of carbonyl (C=O) groups is 1. The third-order valence-electron chi connectivity index (χ3n) is 4.81. The molecule has 0 spiro atoms. The van der Waals surface area contributed by atoms with E-state index in [2.05, 4.69) is 15.3 Å². The van der Waals surface area contributed by atoms with Crippen LogP contribution in [0.1, 0.15) is 38.7 Å². The Bertz CT molecular complexity index is 952. The molecule has 0 bridgehead atoms. The van der Waals surface area contributed by atoms with Crippen molar-refractivity contribution in [3.8, 4) is 5.82 Å². The van der Waals surface area contributed by atoms with Crippen molar-refractivity contribution in [2.75, 3.05) is 6.54 Å². The number of nitrogens with zero attached hydrogens (tertiary/aromatic N) is 3. The number of hydrogen-bond donors (Lipinski definition) is 2. The van der Waals surface area contributed by atoms with Crippen molar-refractivity contribution in [3.05, 3.63) is 77.0 Å². The maximum atomic E-state index is 11.6. The maximum absolute atomic E-state index is 11.6. The van der Waals surface area contributed by atoms with E-state index in [9.17, 15) is 9.90 Å². The average molecular weight is 364 g/mol. The van der Waals surface area contributed by atoms with Gasteiger partial charge in [-0.3, -0.25) is 4.57 Å². The summed E-state index contributed by atoms with van der Waals surface area (Å²) in [5.74, 6) is 0.515. The predicted octanol–water partition coefficient (Wildman–Crippen LogP) is 2.07. The fourth-order valence-electron chi connectivity index (χ4n) is 3.26. The molecule has 1 aliphatic rings. The number of rotatable bonds is 6. The van der Waals surface area contributed by atoms with Crippen LogP contribution in [-0.2, 0) is 17.9 Å². The van der Waals surface area contributed by atoms with Crippen molar-refractivity contribution in [2.24, 2.45) is 0 Å². The standard InChI is InChI=1S/C20H20N4O3/c1-13-15(3-4-16-17(13)11-27-20(16)26)18(25)10-22-8-14-2-5-19(23-9-14)24-7-6-21-12-24/h2-7,9,12,18,22,25H,8,10-11H2,1H3. The Kier molecular flexibility index (Phi) is 4.70. The minimum Gasteiger partial charge on any atom is -0.457 e. The van der Waals surface area contributed by atoms with Gasteiger partial charge >= 0.3 is 5.97 Å². The maximum Gasteiger partial charge on any atom is 0.338 e. The van der Waals surface area contributed by atoms with E-state index in [1.165, 1.54) is 0 Å². The number of benzene rings is 1. The number of ether oxygens (including phenoxy) is 1. The van der Waals surface area contributed by atoms with Crippen LogP contribution in [0.25, 0.3) is 5.82 Å². The molecular weight excluding hydrogens is 344 g/mol. The van der Waals surface area contributed by atoms with Crippen LogP contribution >= 0.6 is 0 Å². The van der Waals surface area contributed by atoms with Gasteiger partial charge in [0.15, 0.2) is 0 Å². The first-order valence-electron chi connectivity index (χ1n) is 8.75. The molecule has 1 aliphatic heterocycles. The molecule has 138 valence electrons. The molecule has 4 rings (SSSR count). The van der Waals surface area contributed by atoms with Gasteiger partial charge in [-0.25, -0.2) is 14.8 Å². The second-order valence-electron chi connectivity index (χ2n) is 6.52. The quantitative estimate of drug-likeness (QED) is 0.651.